The molecule has 1 fully saturated rings. The Labute approximate surface area is 201 Å². The van der Waals surface area contributed by atoms with Crippen LogP contribution in [0.2, 0.25) is 0 Å². The topological polar surface area (TPSA) is 52.9 Å². The van der Waals surface area contributed by atoms with Crippen LogP contribution in [-0.4, -0.2) is 34.7 Å². The Balaban J connectivity index is 1.44. The van der Waals surface area contributed by atoms with Gasteiger partial charge in [-0.3, -0.25) is 4.90 Å². The standard InChI is InChI=1S/C30H31NO3/c1-21-27-20-26(33)14-15-28(27)34-30(29(21)24-8-5-9-25(32)19-24)23-12-10-22(11-13-23)7-6-18-31-16-3-2-4-17-31/h5-15,19-20,30,32-33H,2-4,16-18H2,1H3/b7-6-. The molecule has 1 saturated heterocycles. The third-order valence-corrected chi connectivity index (χ3v) is 6.80. The van der Waals surface area contributed by atoms with Crippen molar-refractivity contribution >= 4 is 17.2 Å². The second-order valence-electron chi connectivity index (χ2n) is 9.20. The lowest BCUT2D eigenvalue weighted by molar-refractivity contribution is 0.252. The van der Waals surface area contributed by atoms with E-state index in [1.807, 2.05) is 25.1 Å². The summed E-state index contributed by atoms with van der Waals surface area (Å²) in [4.78, 5) is 2.51. The van der Waals surface area contributed by atoms with Crippen molar-refractivity contribution in [1.82, 2.24) is 4.90 Å². The van der Waals surface area contributed by atoms with Crippen molar-refractivity contribution in [2.75, 3.05) is 19.6 Å². The van der Waals surface area contributed by atoms with Crippen molar-refractivity contribution in [1.29, 1.82) is 0 Å². The normalized spacial score (nSPS) is 18.7. The van der Waals surface area contributed by atoms with E-state index >= 15 is 0 Å². The molecule has 2 aliphatic heterocycles. The number of aromatic hydroxyl groups is 2. The second-order valence-corrected chi connectivity index (χ2v) is 9.20. The van der Waals surface area contributed by atoms with E-state index in [0.29, 0.717) is 0 Å². The fourth-order valence-electron chi connectivity index (χ4n) is 4.98. The highest BCUT2D eigenvalue weighted by Gasteiger charge is 2.29. The van der Waals surface area contributed by atoms with E-state index in [1.165, 1.54) is 37.9 Å². The first-order valence-corrected chi connectivity index (χ1v) is 12.1. The Hall–Kier alpha value is -3.50. The zero-order valence-corrected chi connectivity index (χ0v) is 19.6. The van der Waals surface area contributed by atoms with E-state index in [-0.39, 0.29) is 17.6 Å². The smallest absolute Gasteiger partial charge is 0.150 e. The third-order valence-electron chi connectivity index (χ3n) is 6.80. The molecule has 0 saturated carbocycles. The van der Waals surface area contributed by atoms with Gasteiger partial charge in [0, 0.05) is 17.7 Å². The molecule has 174 valence electrons. The van der Waals surface area contributed by atoms with Crippen molar-refractivity contribution < 1.29 is 14.9 Å². The molecule has 2 aliphatic rings. The Kier molecular flexibility index (Phi) is 6.41. The minimum atomic E-state index is -0.315. The quantitative estimate of drug-likeness (QED) is 0.453. The molecule has 1 atom stereocenters. The minimum Gasteiger partial charge on any atom is -0.508 e. The van der Waals surface area contributed by atoms with Crippen LogP contribution in [0.4, 0.5) is 0 Å². The van der Waals surface area contributed by atoms with Gasteiger partial charge in [0.15, 0.2) is 0 Å². The number of hydrogen-bond donors (Lipinski definition) is 2. The number of likely N-dealkylation sites (tertiary alicyclic amines) is 1. The van der Waals surface area contributed by atoms with Gasteiger partial charge in [-0.15, -0.1) is 0 Å². The van der Waals surface area contributed by atoms with E-state index in [2.05, 4.69) is 41.3 Å². The summed E-state index contributed by atoms with van der Waals surface area (Å²) >= 11 is 0. The molecule has 0 spiro atoms. The molecule has 0 radical (unpaired) electrons. The number of rotatable bonds is 5. The number of nitrogens with zero attached hydrogens (tertiary/aromatic N) is 1. The molecule has 0 amide bonds. The van der Waals surface area contributed by atoms with Gasteiger partial charge < -0.3 is 14.9 Å². The van der Waals surface area contributed by atoms with E-state index in [1.54, 1.807) is 24.3 Å². The van der Waals surface area contributed by atoms with Crippen LogP contribution in [0.5, 0.6) is 17.2 Å². The molecule has 3 aromatic carbocycles. The van der Waals surface area contributed by atoms with Gasteiger partial charge >= 0.3 is 0 Å². The molecule has 34 heavy (non-hydrogen) atoms. The monoisotopic (exact) mass is 453 g/mol. The van der Waals surface area contributed by atoms with Crippen molar-refractivity contribution in [2.45, 2.75) is 32.3 Å². The number of benzene rings is 3. The molecule has 5 rings (SSSR count). The first-order chi connectivity index (χ1) is 16.6. The summed E-state index contributed by atoms with van der Waals surface area (Å²) in [6.07, 6.45) is 8.10. The van der Waals surface area contributed by atoms with Crippen LogP contribution in [-0.2, 0) is 0 Å². The minimum absolute atomic E-state index is 0.205. The molecule has 0 aliphatic carbocycles. The van der Waals surface area contributed by atoms with Crippen molar-refractivity contribution in [3.8, 4) is 17.2 Å². The van der Waals surface area contributed by atoms with Gasteiger partial charge in [-0.05, 0) is 85.5 Å². The maximum absolute atomic E-state index is 10.1. The first kappa shape index (κ1) is 22.3. The predicted molar refractivity (Wildman–Crippen MR) is 138 cm³/mol. The average Bonchev–Trinajstić information content (AvgIpc) is 2.85. The molecular formula is C30H31NO3. The third kappa shape index (κ3) is 4.73. The van der Waals surface area contributed by atoms with Gasteiger partial charge in [0.1, 0.15) is 23.4 Å². The van der Waals surface area contributed by atoms with Crippen molar-refractivity contribution in [2.24, 2.45) is 0 Å². The van der Waals surface area contributed by atoms with E-state index in [9.17, 15) is 10.2 Å². The number of phenolic OH excluding ortho intramolecular Hbond substituents is 2. The van der Waals surface area contributed by atoms with Crippen LogP contribution in [0.3, 0.4) is 0 Å². The number of hydrogen-bond acceptors (Lipinski definition) is 4. The molecule has 3 aromatic rings. The SMILES string of the molecule is CC1=C(c2cccc(O)c2)C(c2ccc(/C=C\CN3CCCCC3)cc2)Oc2ccc(O)cc21. The number of piperidine rings is 1. The van der Waals surface area contributed by atoms with Crippen LogP contribution < -0.4 is 4.74 Å². The maximum Gasteiger partial charge on any atom is 0.150 e. The first-order valence-electron chi connectivity index (χ1n) is 12.1. The van der Waals surface area contributed by atoms with E-state index < -0.39 is 0 Å². The summed E-state index contributed by atoms with van der Waals surface area (Å²) in [7, 11) is 0. The number of fused-ring (bicyclic) bond motifs is 1. The van der Waals surface area contributed by atoms with Crippen LogP contribution in [0.15, 0.2) is 72.8 Å². The summed E-state index contributed by atoms with van der Waals surface area (Å²) in [5.41, 5.74) is 6.00. The van der Waals surface area contributed by atoms with Crippen molar-refractivity contribution in [3.05, 3.63) is 95.1 Å². The van der Waals surface area contributed by atoms with Gasteiger partial charge in [-0.25, -0.2) is 0 Å². The lowest BCUT2D eigenvalue weighted by atomic mass is 9.86. The largest absolute Gasteiger partial charge is 0.508 e. The van der Waals surface area contributed by atoms with Gasteiger partial charge in [0.25, 0.3) is 0 Å². The van der Waals surface area contributed by atoms with Gasteiger partial charge in [0.2, 0.25) is 0 Å². The Morgan fingerprint density at radius 1 is 0.912 bits per heavy atom. The lowest BCUT2D eigenvalue weighted by Crippen LogP contribution is -2.29. The summed E-state index contributed by atoms with van der Waals surface area (Å²) in [5, 5.41) is 20.2. The molecular weight excluding hydrogens is 422 g/mol. The molecule has 4 heteroatoms. The van der Waals surface area contributed by atoms with Crippen LogP contribution in [0.25, 0.3) is 17.2 Å². The average molecular weight is 454 g/mol. The highest BCUT2D eigenvalue weighted by atomic mass is 16.5. The summed E-state index contributed by atoms with van der Waals surface area (Å²) in [6.45, 7) is 5.45. The van der Waals surface area contributed by atoms with Gasteiger partial charge in [-0.2, -0.15) is 0 Å². The zero-order valence-electron chi connectivity index (χ0n) is 19.6. The lowest BCUT2D eigenvalue weighted by Gasteiger charge is -2.31. The van der Waals surface area contributed by atoms with E-state index in [4.69, 9.17) is 4.74 Å². The summed E-state index contributed by atoms with van der Waals surface area (Å²) < 4.78 is 6.48. The summed E-state index contributed by atoms with van der Waals surface area (Å²) in [6, 6.07) is 21.0. The molecule has 0 bridgehead atoms. The van der Waals surface area contributed by atoms with Gasteiger partial charge in [0.05, 0.1) is 0 Å². The molecule has 4 nitrogen and oxygen atoms in total. The highest BCUT2D eigenvalue weighted by molar-refractivity contribution is 5.95. The Bertz CT molecular complexity index is 1220. The zero-order chi connectivity index (χ0) is 23.5. The van der Waals surface area contributed by atoms with Crippen molar-refractivity contribution in [3.63, 3.8) is 0 Å². The van der Waals surface area contributed by atoms with E-state index in [0.717, 1.165) is 40.1 Å². The van der Waals surface area contributed by atoms with Crippen LogP contribution >= 0.6 is 0 Å². The number of allylic oxidation sites excluding steroid dienone is 1. The maximum atomic E-state index is 10.1. The number of ether oxygens (including phenoxy) is 1. The molecule has 2 N–H and O–H groups in total. The number of phenols is 2. The molecule has 1 unspecified atom stereocenters. The fourth-order valence-corrected chi connectivity index (χ4v) is 4.98. The predicted octanol–water partition coefficient (Wildman–Crippen LogP) is 6.66. The van der Waals surface area contributed by atoms with Crippen LogP contribution in [0.1, 0.15) is 54.5 Å². The second kappa shape index (κ2) is 9.78. The molecule has 2 heterocycles. The Morgan fingerprint density at radius 2 is 1.68 bits per heavy atom. The summed E-state index contributed by atoms with van der Waals surface area (Å²) in [5.74, 6) is 1.17. The highest BCUT2D eigenvalue weighted by Crippen LogP contribution is 2.47. The fraction of sp³-hybridized carbons (Fsp3) is 0.267. The Morgan fingerprint density at radius 3 is 2.44 bits per heavy atom. The van der Waals surface area contributed by atoms with Crippen LogP contribution in [0, 0.1) is 0 Å². The van der Waals surface area contributed by atoms with Gasteiger partial charge in [-0.1, -0.05) is 55.0 Å². The molecule has 0 aromatic heterocycles.